The molecular formula is C26H26ClN3OS3. The summed E-state index contributed by atoms with van der Waals surface area (Å²) < 4.78 is 5.95. The average molecular weight is 528 g/mol. The van der Waals surface area contributed by atoms with Gasteiger partial charge in [0.05, 0.1) is 17.1 Å². The van der Waals surface area contributed by atoms with Gasteiger partial charge in [-0.15, -0.1) is 11.3 Å². The Bertz CT molecular complexity index is 1490. The first kappa shape index (κ1) is 24.8. The molecule has 1 aliphatic rings. The SMILES string of the molecule is CCc1ccc2c(c1)S/C(=c1/s/c(=C\c3scc[n+]3Cc3ccccc3)n(CC)c1=O)N2C.[Cl-]. The number of fused-ring (bicyclic) bond motifs is 1. The molecule has 3 heterocycles. The van der Waals surface area contributed by atoms with E-state index in [1.165, 1.54) is 21.7 Å². The fraction of sp³-hybridized carbons (Fsp3) is 0.231. The Labute approximate surface area is 217 Å². The highest BCUT2D eigenvalue weighted by molar-refractivity contribution is 8.08. The van der Waals surface area contributed by atoms with Gasteiger partial charge in [0, 0.05) is 24.1 Å². The van der Waals surface area contributed by atoms with E-state index in [1.54, 1.807) is 34.4 Å². The van der Waals surface area contributed by atoms with Crippen LogP contribution in [0.2, 0.25) is 0 Å². The Morgan fingerprint density at radius 3 is 2.59 bits per heavy atom. The van der Waals surface area contributed by atoms with Crippen molar-refractivity contribution >= 4 is 51.2 Å². The molecule has 8 heteroatoms. The van der Waals surface area contributed by atoms with Crippen molar-refractivity contribution in [3.8, 4) is 0 Å². The number of nitrogens with zero attached hydrogens (tertiary/aromatic N) is 3. The number of hydrogen-bond acceptors (Lipinski definition) is 5. The van der Waals surface area contributed by atoms with Crippen molar-refractivity contribution in [2.45, 2.75) is 38.3 Å². The van der Waals surface area contributed by atoms with Crippen molar-refractivity contribution in [2.75, 3.05) is 11.9 Å². The van der Waals surface area contributed by atoms with Crippen LogP contribution in [0.5, 0.6) is 0 Å². The number of thiazole rings is 2. The molecule has 34 heavy (non-hydrogen) atoms. The number of halogens is 1. The number of anilines is 1. The molecule has 2 aromatic carbocycles. The highest BCUT2D eigenvalue weighted by Crippen LogP contribution is 2.45. The highest BCUT2D eigenvalue weighted by Gasteiger charge is 2.25. The molecule has 176 valence electrons. The van der Waals surface area contributed by atoms with Gasteiger partial charge in [-0.2, -0.15) is 4.57 Å². The molecule has 0 aliphatic carbocycles. The Hall–Kier alpha value is -2.32. The van der Waals surface area contributed by atoms with Gasteiger partial charge in [-0.05, 0) is 31.0 Å². The third kappa shape index (κ3) is 4.62. The summed E-state index contributed by atoms with van der Waals surface area (Å²) in [6.45, 7) is 5.68. The molecule has 0 N–H and O–H groups in total. The molecule has 0 bridgehead atoms. The lowest BCUT2D eigenvalue weighted by molar-refractivity contribution is -0.685. The largest absolute Gasteiger partial charge is 1.00 e. The summed E-state index contributed by atoms with van der Waals surface area (Å²) in [6, 6.07) is 17.1. The van der Waals surface area contributed by atoms with Crippen molar-refractivity contribution in [3.63, 3.8) is 0 Å². The molecule has 4 aromatic rings. The molecular weight excluding hydrogens is 502 g/mol. The topological polar surface area (TPSA) is 29.1 Å². The monoisotopic (exact) mass is 527 g/mol. The molecule has 1 aliphatic heterocycles. The van der Waals surface area contributed by atoms with Crippen LogP contribution in [0, 0.1) is 0 Å². The maximum absolute atomic E-state index is 13.4. The van der Waals surface area contributed by atoms with Crippen LogP contribution in [0.1, 0.15) is 30.0 Å². The molecule has 0 atom stereocenters. The zero-order valence-electron chi connectivity index (χ0n) is 19.3. The molecule has 4 nitrogen and oxygen atoms in total. The molecule has 5 rings (SSSR count). The first-order valence-corrected chi connectivity index (χ1v) is 13.6. The van der Waals surface area contributed by atoms with Crippen LogP contribution >= 0.6 is 34.4 Å². The van der Waals surface area contributed by atoms with E-state index < -0.39 is 0 Å². The second-order valence-electron chi connectivity index (χ2n) is 7.94. The lowest BCUT2D eigenvalue weighted by Crippen LogP contribution is -3.00. The number of rotatable bonds is 5. The lowest BCUT2D eigenvalue weighted by atomic mass is 10.1. The number of aromatic nitrogens is 2. The van der Waals surface area contributed by atoms with Crippen LogP contribution < -0.4 is 36.6 Å². The van der Waals surface area contributed by atoms with Crippen molar-refractivity contribution in [2.24, 2.45) is 0 Å². The minimum Gasteiger partial charge on any atom is -1.00 e. The van der Waals surface area contributed by atoms with E-state index in [0.717, 1.165) is 32.2 Å². The quantitative estimate of drug-likeness (QED) is 0.363. The number of thioether (sulfide) groups is 1. The predicted octanol–water partition coefficient (Wildman–Crippen LogP) is 1.03. The van der Waals surface area contributed by atoms with Gasteiger partial charge >= 0.3 is 0 Å². The first-order chi connectivity index (χ1) is 16.1. The summed E-state index contributed by atoms with van der Waals surface area (Å²) in [7, 11) is 2.06. The zero-order valence-corrected chi connectivity index (χ0v) is 22.5. The summed E-state index contributed by atoms with van der Waals surface area (Å²) >= 11 is 5.00. The predicted molar refractivity (Wildman–Crippen MR) is 141 cm³/mol. The third-order valence-corrected chi connectivity index (χ3v) is 9.20. The molecule has 2 aromatic heterocycles. The first-order valence-electron chi connectivity index (χ1n) is 11.1. The third-order valence-electron chi connectivity index (χ3n) is 5.88. The standard InChI is InChI=1S/C26H26N3OS3.ClH/c1-4-18-11-12-20-21(15-18)32-26(27(20)3)24-25(30)29(5-2)23(33-24)16-22-28(13-14-31-22)17-19-9-7-6-8-10-19;/h6-16H,4-5,17H2,1-3H3;1H/q+1;/p-1/b26-24+;. The van der Waals surface area contributed by atoms with Crippen molar-refractivity contribution in [3.05, 3.63) is 95.8 Å². The van der Waals surface area contributed by atoms with E-state index in [1.807, 2.05) is 17.6 Å². The van der Waals surface area contributed by atoms with Crippen LogP contribution in [-0.2, 0) is 19.5 Å². The van der Waals surface area contributed by atoms with Crippen LogP contribution in [-0.4, -0.2) is 11.6 Å². The van der Waals surface area contributed by atoms with E-state index in [4.69, 9.17) is 0 Å². The Kier molecular flexibility index (Phi) is 7.67. The molecule has 0 spiro atoms. The molecule has 0 unspecified atom stereocenters. The average Bonchev–Trinajstić information content (AvgIpc) is 3.50. The van der Waals surface area contributed by atoms with Crippen LogP contribution in [0.25, 0.3) is 11.1 Å². The minimum atomic E-state index is 0. The van der Waals surface area contributed by atoms with E-state index in [0.29, 0.717) is 6.54 Å². The van der Waals surface area contributed by atoms with E-state index in [9.17, 15) is 4.79 Å². The molecule has 0 saturated heterocycles. The van der Waals surface area contributed by atoms with Gasteiger partial charge in [0.2, 0.25) is 0 Å². The zero-order chi connectivity index (χ0) is 22.9. The van der Waals surface area contributed by atoms with Crippen molar-refractivity contribution in [1.29, 1.82) is 0 Å². The fourth-order valence-electron chi connectivity index (χ4n) is 4.03. The van der Waals surface area contributed by atoms with Gasteiger partial charge < -0.3 is 17.3 Å². The van der Waals surface area contributed by atoms with Gasteiger partial charge in [0.25, 0.3) is 10.6 Å². The summed E-state index contributed by atoms with van der Waals surface area (Å²) in [6.07, 6.45) is 5.29. The molecule has 0 radical (unpaired) electrons. The number of benzene rings is 2. The van der Waals surface area contributed by atoms with Crippen molar-refractivity contribution < 1.29 is 17.0 Å². The lowest BCUT2D eigenvalue weighted by Gasteiger charge is -2.12. The van der Waals surface area contributed by atoms with Gasteiger partial charge in [-0.3, -0.25) is 9.36 Å². The minimum absolute atomic E-state index is 0. The van der Waals surface area contributed by atoms with Gasteiger partial charge in [-0.1, -0.05) is 66.4 Å². The highest BCUT2D eigenvalue weighted by atomic mass is 35.5. The normalized spacial score (nSPS) is 14.9. The van der Waals surface area contributed by atoms with Crippen LogP contribution in [0.3, 0.4) is 0 Å². The molecule has 0 amide bonds. The summed E-state index contributed by atoms with van der Waals surface area (Å²) in [5, 5.41) is 4.27. The Balaban J connectivity index is 0.00000274. The maximum atomic E-state index is 13.4. The summed E-state index contributed by atoms with van der Waals surface area (Å²) in [4.78, 5) is 16.8. The smallest absolute Gasteiger partial charge is 0.271 e. The van der Waals surface area contributed by atoms with E-state index >= 15 is 0 Å². The number of hydrogen-bond donors (Lipinski definition) is 0. The Morgan fingerprint density at radius 2 is 1.85 bits per heavy atom. The second kappa shape index (κ2) is 10.5. The molecule has 0 saturated carbocycles. The summed E-state index contributed by atoms with van der Waals surface area (Å²) in [5.74, 6) is 0. The van der Waals surface area contributed by atoms with Crippen molar-refractivity contribution in [1.82, 2.24) is 4.57 Å². The van der Waals surface area contributed by atoms with E-state index in [2.05, 4.69) is 83.6 Å². The van der Waals surface area contributed by atoms with Gasteiger partial charge in [0.1, 0.15) is 14.2 Å². The van der Waals surface area contributed by atoms with Crippen LogP contribution in [0.4, 0.5) is 5.69 Å². The maximum Gasteiger partial charge on any atom is 0.271 e. The van der Waals surface area contributed by atoms with Gasteiger partial charge in [0.15, 0.2) is 12.7 Å². The fourth-order valence-corrected chi connectivity index (χ4v) is 7.41. The van der Waals surface area contributed by atoms with E-state index in [-0.39, 0.29) is 18.0 Å². The Morgan fingerprint density at radius 1 is 1.06 bits per heavy atom. The second-order valence-corrected chi connectivity index (χ2v) is 10.9. The number of aryl methyl sites for hydroxylation is 1. The summed E-state index contributed by atoms with van der Waals surface area (Å²) in [5.41, 5.74) is 3.85. The van der Waals surface area contributed by atoms with Crippen LogP contribution in [0.15, 0.2) is 69.8 Å². The molecule has 0 fully saturated rings. The van der Waals surface area contributed by atoms with Gasteiger partial charge in [-0.25, -0.2) is 0 Å².